The molecule has 16 heavy (non-hydrogen) atoms. The summed E-state index contributed by atoms with van der Waals surface area (Å²) in [4.78, 5) is 4.12. The number of hydrogen-bond donors (Lipinski definition) is 2. The fourth-order valence-corrected chi connectivity index (χ4v) is 2.58. The third-order valence-corrected chi connectivity index (χ3v) is 3.63. The highest BCUT2D eigenvalue weighted by atomic mass is 79.9. The topological polar surface area (TPSA) is 50.9 Å². The molecule has 3 N–H and O–H groups in total. The Hall–Kier alpha value is -0.610. The van der Waals surface area contributed by atoms with E-state index in [0.29, 0.717) is 0 Å². The molecule has 0 spiro atoms. The number of pyridine rings is 1. The molecular weight excluding hydrogens is 266 g/mol. The van der Waals surface area contributed by atoms with Gasteiger partial charge in [-0.05, 0) is 34.8 Å². The van der Waals surface area contributed by atoms with Gasteiger partial charge in [-0.15, -0.1) is 0 Å². The largest absolute Gasteiger partial charge is 0.382 e. The van der Waals surface area contributed by atoms with E-state index in [0.717, 1.165) is 29.5 Å². The second kappa shape index (κ2) is 5.15. The number of nitrogens with two attached hydrogens (primary N) is 1. The molecule has 0 saturated heterocycles. The van der Waals surface area contributed by atoms with Gasteiger partial charge in [0, 0.05) is 22.8 Å². The van der Waals surface area contributed by atoms with Gasteiger partial charge >= 0.3 is 0 Å². The number of nitrogens with one attached hydrogen (secondary N) is 1. The quantitative estimate of drug-likeness (QED) is 0.897. The van der Waals surface area contributed by atoms with Crippen LogP contribution >= 0.6 is 15.9 Å². The van der Waals surface area contributed by atoms with Crippen molar-refractivity contribution in [1.82, 2.24) is 4.98 Å². The van der Waals surface area contributed by atoms with E-state index in [4.69, 9.17) is 5.73 Å². The molecule has 1 heterocycles. The standard InChI is InChI=1S/C12H18BrN3/c13-10-6-11(8-15-7-10)16-9-12(14)4-2-1-3-5-12/h6-8,16H,1-5,9,14H2. The van der Waals surface area contributed by atoms with Crippen molar-refractivity contribution in [3.8, 4) is 0 Å². The molecule has 1 fully saturated rings. The zero-order valence-electron chi connectivity index (χ0n) is 9.38. The number of hydrogen-bond acceptors (Lipinski definition) is 3. The maximum absolute atomic E-state index is 6.35. The molecule has 1 aliphatic rings. The first-order valence-electron chi connectivity index (χ1n) is 5.81. The van der Waals surface area contributed by atoms with E-state index in [-0.39, 0.29) is 5.54 Å². The summed E-state index contributed by atoms with van der Waals surface area (Å²) in [5.74, 6) is 0. The Morgan fingerprint density at radius 1 is 1.31 bits per heavy atom. The zero-order chi connectivity index (χ0) is 11.4. The second-order valence-corrected chi connectivity index (χ2v) is 5.58. The van der Waals surface area contributed by atoms with E-state index >= 15 is 0 Å². The average Bonchev–Trinajstić information content (AvgIpc) is 2.28. The summed E-state index contributed by atoms with van der Waals surface area (Å²) < 4.78 is 0.993. The molecule has 0 atom stereocenters. The second-order valence-electron chi connectivity index (χ2n) is 4.67. The first kappa shape index (κ1) is 11.9. The summed E-state index contributed by atoms with van der Waals surface area (Å²) in [5, 5.41) is 3.38. The molecule has 0 bridgehead atoms. The molecule has 0 aliphatic heterocycles. The Morgan fingerprint density at radius 2 is 2.06 bits per heavy atom. The lowest BCUT2D eigenvalue weighted by atomic mass is 9.82. The van der Waals surface area contributed by atoms with Gasteiger partial charge < -0.3 is 11.1 Å². The molecule has 88 valence electrons. The van der Waals surface area contributed by atoms with Crippen molar-refractivity contribution in [1.29, 1.82) is 0 Å². The van der Waals surface area contributed by atoms with Crippen molar-refractivity contribution >= 4 is 21.6 Å². The van der Waals surface area contributed by atoms with Crippen molar-refractivity contribution < 1.29 is 0 Å². The lowest BCUT2D eigenvalue weighted by Crippen LogP contribution is -2.47. The monoisotopic (exact) mass is 283 g/mol. The summed E-state index contributed by atoms with van der Waals surface area (Å²) in [6.07, 6.45) is 9.71. The Kier molecular flexibility index (Phi) is 3.82. The van der Waals surface area contributed by atoms with Gasteiger partial charge in [0.15, 0.2) is 0 Å². The Balaban J connectivity index is 1.91. The van der Waals surface area contributed by atoms with Gasteiger partial charge in [-0.1, -0.05) is 19.3 Å². The van der Waals surface area contributed by atoms with Crippen LogP contribution in [0.2, 0.25) is 0 Å². The Bertz CT molecular complexity index is 348. The van der Waals surface area contributed by atoms with Gasteiger partial charge in [-0.25, -0.2) is 0 Å². The van der Waals surface area contributed by atoms with Gasteiger partial charge in [-0.3, -0.25) is 4.98 Å². The van der Waals surface area contributed by atoms with Gasteiger partial charge in [0.25, 0.3) is 0 Å². The van der Waals surface area contributed by atoms with Crippen molar-refractivity contribution in [2.24, 2.45) is 5.73 Å². The van der Waals surface area contributed by atoms with Crippen LogP contribution in [-0.4, -0.2) is 17.1 Å². The van der Waals surface area contributed by atoms with Crippen LogP contribution in [0.15, 0.2) is 22.9 Å². The van der Waals surface area contributed by atoms with E-state index in [1.807, 2.05) is 12.3 Å². The van der Waals surface area contributed by atoms with Crippen molar-refractivity contribution in [3.63, 3.8) is 0 Å². The van der Waals surface area contributed by atoms with Crippen LogP contribution in [0.3, 0.4) is 0 Å². The van der Waals surface area contributed by atoms with Crippen LogP contribution in [0, 0.1) is 0 Å². The SMILES string of the molecule is NC1(CNc2cncc(Br)c2)CCCCC1. The van der Waals surface area contributed by atoms with Gasteiger partial charge in [0.05, 0.1) is 11.9 Å². The highest BCUT2D eigenvalue weighted by molar-refractivity contribution is 9.10. The Labute approximate surface area is 105 Å². The first-order chi connectivity index (χ1) is 7.68. The normalized spacial score (nSPS) is 19.4. The zero-order valence-corrected chi connectivity index (χ0v) is 11.0. The third kappa shape index (κ3) is 3.19. The number of anilines is 1. The fourth-order valence-electron chi connectivity index (χ4n) is 2.22. The van der Waals surface area contributed by atoms with E-state index in [2.05, 4.69) is 26.2 Å². The summed E-state index contributed by atoms with van der Waals surface area (Å²) >= 11 is 3.41. The minimum absolute atomic E-state index is 0.0272. The number of rotatable bonds is 3. The summed E-state index contributed by atoms with van der Waals surface area (Å²) in [5.41, 5.74) is 7.36. The average molecular weight is 284 g/mol. The number of aromatic nitrogens is 1. The van der Waals surface area contributed by atoms with E-state index < -0.39 is 0 Å². The number of nitrogens with zero attached hydrogens (tertiary/aromatic N) is 1. The van der Waals surface area contributed by atoms with Crippen LogP contribution in [0.4, 0.5) is 5.69 Å². The molecule has 0 unspecified atom stereocenters. The van der Waals surface area contributed by atoms with E-state index in [1.54, 1.807) is 6.20 Å². The number of halogens is 1. The lowest BCUT2D eigenvalue weighted by Gasteiger charge is -2.33. The molecule has 4 heteroatoms. The van der Waals surface area contributed by atoms with Crippen LogP contribution < -0.4 is 11.1 Å². The molecule has 1 aliphatic carbocycles. The van der Waals surface area contributed by atoms with Crippen molar-refractivity contribution in [3.05, 3.63) is 22.9 Å². The molecular formula is C12H18BrN3. The predicted molar refractivity (Wildman–Crippen MR) is 70.4 cm³/mol. The molecule has 1 aromatic heterocycles. The van der Waals surface area contributed by atoms with Gasteiger partial charge in [0.2, 0.25) is 0 Å². The molecule has 1 saturated carbocycles. The first-order valence-corrected chi connectivity index (χ1v) is 6.61. The minimum atomic E-state index is -0.0272. The van der Waals surface area contributed by atoms with Crippen molar-refractivity contribution in [2.75, 3.05) is 11.9 Å². The maximum Gasteiger partial charge on any atom is 0.0538 e. The maximum atomic E-state index is 6.35. The molecule has 3 nitrogen and oxygen atoms in total. The third-order valence-electron chi connectivity index (χ3n) is 3.20. The lowest BCUT2D eigenvalue weighted by molar-refractivity contribution is 0.311. The highest BCUT2D eigenvalue weighted by Gasteiger charge is 2.26. The predicted octanol–water partition coefficient (Wildman–Crippen LogP) is 2.92. The van der Waals surface area contributed by atoms with Crippen LogP contribution in [-0.2, 0) is 0 Å². The molecule has 0 aromatic carbocycles. The van der Waals surface area contributed by atoms with Crippen molar-refractivity contribution in [2.45, 2.75) is 37.6 Å². The van der Waals surface area contributed by atoms with Crippen LogP contribution in [0.25, 0.3) is 0 Å². The van der Waals surface area contributed by atoms with E-state index in [1.165, 1.54) is 19.3 Å². The smallest absolute Gasteiger partial charge is 0.0538 e. The summed E-state index contributed by atoms with van der Waals surface area (Å²) in [6.45, 7) is 0.838. The molecule has 0 amide bonds. The Morgan fingerprint density at radius 3 is 2.75 bits per heavy atom. The van der Waals surface area contributed by atoms with Crippen LogP contribution in [0.1, 0.15) is 32.1 Å². The summed E-state index contributed by atoms with van der Waals surface area (Å²) in [7, 11) is 0. The molecule has 0 radical (unpaired) electrons. The van der Waals surface area contributed by atoms with Gasteiger partial charge in [0.1, 0.15) is 0 Å². The van der Waals surface area contributed by atoms with Crippen LogP contribution in [0.5, 0.6) is 0 Å². The van der Waals surface area contributed by atoms with Gasteiger partial charge in [-0.2, -0.15) is 0 Å². The molecule has 2 rings (SSSR count). The fraction of sp³-hybridized carbons (Fsp3) is 0.583. The molecule has 1 aromatic rings. The summed E-state index contributed by atoms with van der Waals surface area (Å²) in [6, 6.07) is 2.03. The van der Waals surface area contributed by atoms with E-state index in [9.17, 15) is 0 Å². The highest BCUT2D eigenvalue weighted by Crippen LogP contribution is 2.26. The minimum Gasteiger partial charge on any atom is -0.382 e.